The Morgan fingerprint density at radius 3 is 2.53 bits per heavy atom. The van der Waals surface area contributed by atoms with Crippen molar-refractivity contribution < 1.29 is 9.59 Å². The standard InChI is InChI=1S/C8H12N4O2S3/c1-4(5(13)10-6(14)9-2)16-8-12-11-7(15-3)17-8/h4H,1-3H3,(H2,9,10,13,14)/t4-/m1/s1. The lowest BCUT2D eigenvalue weighted by Crippen LogP contribution is -2.41. The van der Waals surface area contributed by atoms with Crippen molar-refractivity contribution in [2.45, 2.75) is 20.9 Å². The molecule has 0 saturated heterocycles. The number of carbonyl (C=O) groups excluding carboxylic acids is 2. The van der Waals surface area contributed by atoms with Gasteiger partial charge in [-0.2, -0.15) is 0 Å². The van der Waals surface area contributed by atoms with Crippen LogP contribution in [-0.4, -0.2) is 40.7 Å². The normalized spacial score (nSPS) is 11.9. The molecule has 0 saturated carbocycles. The summed E-state index contributed by atoms with van der Waals surface area (Å²) >= 11 is 4.21. The second kappa shape index (κ2) is 6.82. The van der Waals surface area contributed by atoms with E-state index in [4.69, 9.17) is 0 Å². The molecular formula is C8H12N4O2S3. The maximum atomic E-state index is 11.6. The van der Waals surface area contributed by atoms with E-state index in [2.05, 4.69) is 20.8 Å². The summed E-state index contributed by atoms with van der Waals surface area (Å²) in [6.07, 6.45) is 1.91. The molecular weight excluding hydrogens is 280 g/mol. The van der Waals surface area contributed by atoms with E-state index < -0.39 is 11.3 Å². The van der Waals surface area contributed by atoms with Crippen molar-refractivity contribution in [2.24, 2.45) is 0 Å². The molecule has 2 N–H and O–H groups in total. The van der Waals surface area contributed by atoms with Gasteiger partial charge in [0.05, 0.1) is 5.25 Å². The van der Waals surface area contributed by atoms with Gasteiger partial charge in [0.25, 0.3) is 0 Å². The molecule has 1 atom stereocenters. The monoisotopic (exact) mass is 292 g/mol. The summed E-state index contributed by atoms with van der Waals surface area (Å²) in [6.45, 7) is 1.71. The van der Waals surface area contributed by atoms with E-state index in [1.165, 1.54) is 41.9 Å². The Bertz CT molecular complexity index is 409. The van der Waals surface area contributed by atoms with Crippen LogP contribution in [0.5, 0.6) is 0 Å². The summed E-state index contributed by atoms with van der Waals surface area (Å²) in [7, 11) is 1.45. The Labute approximate surface area is 111 Å². The molecule has 94 valence electrons. The number of carbonyl (C=O) groups is 2. The molecule has 0 aliphatic rings. The third kappa shape index (κ3) is 4.52. The molecule has 6 nitrogen and oxygen atoms in total. The Kier molecular flexibility index (Phi) is 5.72. The van der Waals surface area contributed by atoms with E-state index in [1.807, 2.05) is 6.26 Å². The van der Waals surface area contributed by atoms with Crippen molar-refractivity contribution in [3.8, 4) is 0 Å². The van der Waals surface area contributed by atoms with Crippen molar-refractivity contribution in [3.63, 3.8) is 0 Å². The molecule has 0 aromatic carbocycles. The van der Waals surface area contributed by atoms with Gasteiger partial charge in [-0.3, -0.25) is 10.1 Å². The predicted molar refractivity (Wildman–Crippen MR) is 69.6 cm³/mol. The topological polar surface area (TPSA) is 84.0 Å². The lowest BCUT2D eigenvalue weighted by atomic mass is 10.4. The predicted octanol–water partition coefficient (Wildman–Crippen LogP) is 1.20. The highest BCUT2D eigenvalue weighted by molar-refractivity contribution is 8.03. The van der Waals surface area contributed by atoms with Crippen LogP contribution in [0.4, 0.5) is 4.79 Å². The molecule has 1 rings (SSSR count). The second-order valence-corrected chi connectivity index (χ2v) is 6.49. The minimum absolute atomic E-state index is 0.352. The largest absolute Gasteiger partial charge is 0.341 e. The first-order chi connectivity index (χ1) is 8.06. The Hall–Kier alpha value is -0.800. The fourth-order valence-corrected chi connectivity index (χ4v) is 3.39. The van der Waals surface area contributed by atoms with Gasteiger partial charge in [0.15, 0.2) is 8.68 Å². The van der Waals surface area contributed by atoms with Crippen LogP contribution in [0.1, 0.15) is 6.92 Å². The molecule has 1 aromatic rings. The molecule has 0 spiro atoms. The van der Waals surface area contributed by atoms with E-state index >= 15 is 0 Å². The Balaban J connectivity index is 2.50. The second-order valence-electron chi connectivity index (χ2n) is 2.87. The van der Waals surface area contributed by atoms with E-state index in [9.17, 15) is 9.59 Å². The number of rotatable bonds is 4. The fourth-order valence-electron chi connectivity index (χ4n) is 0.808. The highest BCUT2D eigenvalue weighted by atomic mass is 32.2. The zero-order chi connectivity index (χ0) is 12.8. The van der Waals surface area contributed by atoms with E-state index in [1.54, 1.807) is 6.92 Å². The number of nitrogens with one attached hydrogen (secondary N) is 2. The van der Waals surface area contributed by atoms with Crippen LogP contribution in [0.25, 0.3) is 0 Å². The van der Waals surface area contributed by atoms with E-state index in [0.29, 0.717) is 4.34 Å². The van der Waals surface area contributed by atoms with Crippen LogP contribution < -0.4 is 10.6 Å². The van der Waals surface area contributed by atoms with Gasteiger partial charge in [0.2, 0.25) is 5.91 Å². The van der Waals surface area contributed by atoms with Crippen LogP contribution in [0.15, 0.2) is 8.68 Å². The minimum Gasteiger partial charge on any atom is -0.341 e. The molecule has 0 aliphatic heterocycles. The van der Waals surface area contributed by atoms with Gasteiger partial charge in [0.1, 0.15) is 0 Å². The molecule has 0 radical (unpaired) electrons. The first-order valence-corrected chi connectivity index (χ1v) is 7.55. The molecule has 1 aromatic heterocycles. The third-order valence-corrected chi connectivity index (χ3v) is 4.76. The van der Waals surface area contributed by atoms with Crippen molar-refractivity contribution in [1.29, 1.82) is 0 Å². The number of aromatic nitrogens is 2. The molecule has 0 fully saturated rings. The van der Waals surface area contributed by atoms with Gasteiger partial charge in [0, 0.05) is 7.05 Å². The summed E-state index contributed by atoms with van der Waals surface area (Å²) in [5.41, 5.74) is 0. The van der Waals surface area contributed by atoms with Crippen LogP contribution >= 0.6 is 34.9 Å². The number of urea groups is 1. The first-order valence-electron chi connectivity index (χ1n) is 4.63. The summed E-state index contributed by atoms with van der Waals surface area (Å²) in [6, 6.07) is -0.510. The summed E-state index contributed by atoms with van der Waals surface area (Å²) in [5.74, 6) is -0.352. The van der Waals surface area contributed by atoms with Crippen molar-refractivity contribution >= 4 is 46.8 Å². The van der Waals surface area contributed by atoms with E-state index in [-0.39, 0.29) is 5.91 Å². The van der Waals surface area contributed by atoms with Crippen LogP contribution in [0, 0.1) is 0 Å². The van der Waals surface area contributed by atoms with Crippen molar-refractivity contribution in [1.82, 2.24) is 20.8 Å². The Morgan fingerprint density at radius 1 is 1.35 bits per heavy atom. The van der Waals surface area contributed by atoms with Gasteiger partial charge < -0.3 is 5.32 Å². The molecule has 17 heavy (non-hydrogen) atoms. The van der Waals surface area contributed by atoms with Crippen LogP contribution in [-0.2, 0) is 4.79 Å². The number of hydrogen-bond acceptors (Lipinski definition) is 7. The van der Waals surface area contributed by atoms with Gasteiger partial charge in [-0.05, 0) is 13.2 Å². The van der Waals surface area contributed by atoms with Crippen molar-refractivity contribution in [3.05, 3.63) is 0 Å². The first kappa shape index (κ1) is 14.3. The average molecular weight is 292 g/mol. The highest BCUT2D eigenvalue weighted by Crippen LogP contribution is 2.29. The number of thioether (sulfide) groups is 2. The number of amides is 3. The minimum atomic E-state index is -0.510. The molecule has 0 aliphatic carbocycles. The average Bonchev–Trinajstić information content (AvgIpc) is 2.76. The van der Waals surface area contributed by atoms with Crippen molar-refractivity contribution in [2.75, 3.05) is 13.3 Å². The van der Waals surface area contributed by atoms with Gasteiger partial charge in [-0.25, -0.2) is 4.79 Å². The third-order valence-electron chi connectivity index (χ3n) is 1.67. The lowest BCUT2D eigenvalue weighted by Gasteiger charge is -2.08. The SMILES string of the molecule is CNC(=O)NC(=O)[C@@H](C)Sc1nnc(SC)s1. The lowest BCUT2D eigenvalue weighted by molar-refractivity contribution is -0.119. The Morgan fingerprint density at radius 2 is 2.00 bits per heavy atom. The molecule has 0 unspecified atom stereocenters. The van der Waals surface area contributed by atoms with Crippen LogP contribution in [0.2, 0.25) is 0 Å². The van der Waals surface area contributed by atoms with E-state index in [0.717, 1.165) is 4.34 Å². The number of nitrogens with zero attached hydrogens (tertiary/aromatic N) is 2. The molecule has 1 heterocycles. The number of imide groups is 1. The van der Waals surface area contributed by atoms with Gasteiger partial charge in [-0.1, -0.05) is 34.9 Å². The molecule has 9 heteroatoms. The maximum absolute atomic E-state index is 11.6. The zero-order valence-corrected chi connectivity index (χ0v) is 12.0. The maximum Gasteiger partial charge on any atom is 0.321 e. The highest BCUT2D eigenvalue weighted by Gasteiger charge is 2.18. The van der Waals surface area contributed by atoms with Crippen LogP contribution in [0.3, 0.4) is 0 Å². The fraction of sp³-hybridized carbons (Fsp3) is 0.500. The quantitative estimate of drug-likeness (QED) is 0.811. The zero-order valence-electron chi connectivity index (χ0n) is 9.51. The smallest absolute Gasteiger partial charge is 0.321 e. The summed E-state index contributed by atoms with van der Waals surface area (Å²) in [4.78, 5) is 22.5. The van der Waals surface area contributed by atoms with Gasteiger partial charge >= 0.3 is 6.03 Å². The summed E-state index contributed by atoms with van der Waals surface area (Å²) < 4.78 is 1.57. The molecule has 0 bridgehead atoms. The van der Waals surface area contributed by atoms with Gasteiger partial charge in [-0.15, -0.1) is 10.2 Å². The molecule has 3 amide bonds. The number of hydrogen-bond donors (Lipinski definition) is 2. The summed E-state index contributed by atoms with van der Waals surface area (Å²) in [5, 5.41) is 12.0.